The lowest BCUT2D eigenvalue weighted by molar-refractivity contribution is 0.303. The number of fused-ring (bicyclic) bond motifs is 1. The topological polar surface area (TPSA) is 27.1 Å². The van der Waals surface area contributed by atoms with Gasteiger partial charge in [-0.1, -0.05) is 44.2 Å². The zero-order chi connectivity index (χ0) is 16.1. The van der Waals surface area contributed by atoms with Gasteiger partial charge in [-0.2, -0.15) is 0 Å². The average Bonchev–Trinajstić information content (AvgIpc) is 2.95. The van der Waals surface area contributed by atoms with Gasteiger partial charge in [-0.05, 0) is 37.1 Å². The zero-order valence-electron chi connectivity index (χ0n) is 13.9. The minimum Gasteiger partial charge on any atom is -0.494 e. The highest BCUT2D eigenvalue weighted by molar-refractivity contribution is 5.76. The first-order valence-electron chi connectivity index (χ1n) is 8.38. The second kappa shape index (κ2) is 7.32. The predicted molar refractivity (Wildman–Crippen MR) is 95.0 cm³/mol. The molecule has 2 aromatic carbocycles. The van der Waals surface area contributed by atoms with E-state index in [1.165, 1.54) is 11.3 Å². The second-order valence-corrected chi connectivity index (χ2v) is 6.13. The number of aromatic nitrogens is 2. The smallest absolute Gasteiger partial charge is 0.119 e. The summed E-state index contributed by atoms with van der Waals surface area (Å²) in [5, 5.41) is 0. The molecule has 1 heterocycles. The first-order chi connectivity index (χ1) is 11.3. The third kappa shape index (κ3) is 3.73. The summed E-state index contributed by atoms with van der Waals surface area (Å²) in [7, 11) is 0. The molecule has 120 valence electrons. The van der Waals surface area contributed by atoms with Gasteiger partial charge in [0.2, 0.25) is 0 Å². The number of imidazole rings is 1. The van der Waals surface area contributed by atoms with Gasteiger partial charge in [0.25, 0.3) is 0 Å². The van der Waals surface area contributed by atoms with Crippen LogP contribution in [0.4, 0.5) is 0 Å². The number of hydrogen-bond donors (Lipinski definition) is 0. The molecular weight excluding hydrogens is 284 g/mol. The molecule has 0 fully saturated rings. The molecule has 3 nitrogen and oxygen atoms in total. The number of ether oxygens (including phenoxy) is 1. The summed E-state index contributed by atoms with van der Waals surface area (Å²) in [5.41, 5.74) is 2.33. The van der Waals surface area contributed by atoms with Crippen LogP contribution >= 0.6 is 0 Å². The van der Waals surface area contributed by atoms with E-state index in [9.17, 15) is 0 Å². The lowest BCUT2D eigenvalue weighted by Gasteiger charge is -2.12. The Labute approximate surface area is 137 Å². The van der Waals surface area contributed by atoms with Crippen LogP contribution in [0.2, 0.25) is 0 Å². The number of benzene rings is 2. The molecule has 3 aromatic rings. The molecule has 0 aliphatic carbocycles. The molecule has 0 atom stereocenters. The number of nitrogens with zero attached hydrogens (tertiary/aromatic N) is 2. The molecule has 0 unspecified atom stereocenters. The van der Waals surface area contributed by atoms with Gasteiger partial charge in [-0.25, -0.2) is 4.98 Å². The van der Waals surface area contributed by atoms with Crippen LogP contribution in [0.3, 0.4) is 0 Å². The van der Waals surface area contributed by atoms with E-state index in [2.05, 4.69) is 42.7 Å². The van der Waals surface area contributed by atoms with Crippen LogP contribution in [-0.2, 0) is 6.54 Å². The molecule has 0 saturated heterocycles. The van der Waals surface area contributed by atoms with Crippen molar-refractivity contribution >= 4 is 11.0 Å². The van der Waals surface area contributed by atoms with Crippen molar-refractivity contribution < 1.29 is 4.74 Å². The van der Waals surface area contributed by atoms with Gasteiger partial charge in [0.05, 0.1) is 17.6 Å². The van der Waals surface area contributed by atoms with Crippen molar-refractivity contribution in [2.24, 2.45) is 0 Å². The van der Waals surface area contributed by atoms with Crippen LogP contribution in [0.25, 0.3) is 11.0 Å². The van der Waals surface area contributed by atoms with Gasteiger partial charge >= 0.3 is 0 Å². The normalized spacial score (nSPS) is 11.3. The van der Waals surface area contributed by atoms with Crippen molar-refractivity contribution in [1.82, 2.24) is 9.55 Å². The Morgan fingerprint density at radius 3 is 2.48 bits per heavy atom. The van der Waals surface area contributed by atoms with E-state index < -0.39 is 0 Å². The molecule has 0 radical (unpaired) electrons. The summed E-state index contributed by atoms with van der Waals surface area (Å²) in [5.74, 6) is 2.56. The van der Waals surface area contributed by atoms with Crippen molar-refractivity contribution in [2.45, 2.75) is 39.2 Å². The lowest BCUT2D eigenvalue weighted by Crippen LogP contribution is -2.07. The Morgan fingerprint density at radius 1 is 0.957 bits per heavy atom. The number of hydrogen-bond acceptors (Lipinski definition) is 2. The quantitative estimate of drug-likeness (QED) is 0.573. The molecule has 0 N–H and O–H groups in total. The summed E-state index contributed by atoms with van der Waals surface area (Å²) in [4.78, 5) is 4.79. The van der Waals surface area contributed by atoms with Crippen molar-refractivity contribution in [3.63, 3.8) is 0 Å². The largest absolute Gasteiger partial charge is 0.494 e. The Kier molecular flexibility index (Phi) is 4.96. The van der Waals surface area contributed by atoms with Crippen molar-refractivity contribution in [3.05, 3.63) is 60.4 Å². The standard InChI is InChI=1S/C20H24N2O/c1-16(2)20-21-18-12-6-7-13-19(18)22(20)14-8-9-15-23-17-10-4-3-5-11-17/h3-7,10-13,16H,8-9,14-15H2,1-2H3. The molecular formula is C20H24N2O. The Balaban J connectivity index is 1.59. The van der Waals surface area contributed by atoms with E-state index in [1.54, 1.807) is 0 Å². The predicted octanol–water partition coefficient (Wildman–Crippen LogP) is 5.02. The number of rotatable bonds is 7. The van der Waals surface area contributed by atoms with E-state index >= 15 is 0 Å². The number of unbranched alkanes of at least 4 members (excludes halogenated alkanes) is 1. The highest BCUT2D eigenvalue weighted by Gasteiger charge is 2.12. The minimum absolute atomic E-state index is 0.433. The van der Waals surface area contributed by atoms with Gasteiger partial charge in [0, 0.05) is 12.5 Å². The van der Waals surface area contributed by atoms with Gasteiger partial charge in [0.15, 0.2) is 0 Å². The lowest BCUT2D eigenvalue weighted by atomic mass is 10.2. The van der Waals surface area contributed by atoms with Crippen LogP contribution in [0.5, 0.6) is 5.75 Å². The summed E-state index contributed by atoms with van der Waals surface area (Å²) in [6.07, 6.45) is 2.13. The third-order valence-electron chi connectivity index (χ3n) is 3.99. The fourth-order valence-corrected chi connectivity index (χ4v) is 2.85. The van der Waals surface area contributed by atoms with E-state index in [-0.39, 0.29) is 0 Å². The Morgan fingerprint density at radius 2 is 1.70 bits per heavy atom. The third-order valence-corrected chi connectivity index (χ3v) is 3.99. The van der Waals surface area contributed by atoms with Gasteiger partial charge in [0.1, 0.15) is 11.6 Å². The molecule has 0 bridgehead atoms. The van der Waals surface area contributed by atoms with Crippen LogP contribution in [0, 0.1) is 0 Å². The van der Waals surface area contributed by atoms with Gasteiger partial charge in [-0.3, -0.25) is 0 Å². The monoisotopic (exact) mass is 308 g/mol. The molecule has 3 rings (SSSR count). The molecule has 0 aliphatic heterocycles. The van der Waals surface area contributed by atoms with Crippen LogP contribution in [-0.4, -0.2) is 16.2 Å². The SMILES string of the molecule is CC(C)c1nc2ccccc2n1CCCCOc1ccccc1. The van der Waals surface area contributed by atoms with Crippen LogP contribution in [0.1, 0.15) is 38.4 Å². The van der Waals surface area contributed by atoms with Gasteiger partial charge in [-0.15, -0.1) is 0 Å². The Hall–Kier alpha value is -2.29. The maximum atomic E-state index is 5.77. The van der Waals surface area contributed by atoms with Crippen molar-refractivity contribution in [3.8, 4) is 5.75 Å². The molecule has 1 aromatic heterocycles. The summed E-state index contributed by atoms with van der Waals surface area (Å²) in [6, 6.07) is 18.4. The zero-order valence-corrected chi connectivity index (χ0v) is 13.9. The first-order valence-corrected chi connectivity index (χ1v) is 8.38. The molecule has 0 amide bonds. The van der Waals surface area contributed by atoms with E-state index in [1.807, 2.05) is 30.3 Å². The minimum atomic E-state index is 0.433. The molecule has 0 saturated carbocycles. The van der Waals surface area contributed by atoms with E-state index in [0.29, 0.717) is 5.92 Å². The van der Waals surface area contributed by atoms with Crippen molar-refractivity contribution in [2.75, 3.05) is 6.61 Å². The Bertz CT molecular complexity index is 747. The molecule has 3 heteroatoms. The summed E-state index contributed by atoms with van der Waals surface area (Å²) < 4.78 is 8.13. The molecule has 0 spiro atoms. The highest BCUT2D eigenvalue weighted by atomic mass is 16.5. The molecule has 0 aliphatic rings. The average molecular weight is 308 g/mol. The van der Waals surface area contributed by atoms with Crippen LogP contribution in [0.15, 0.2) is 54.6 Å². The molecule has 23 heavy (non-hydrogen) atoms. The second-order valence-electron chi connectivity index (χ2n) is 6.13. The first kappa shape index (κ1) is 15.6. The maximum Gasteiger partial charge on any atom is 0.119 e. The maximum absolute atomic E-state index is 5.77. The van der Waals surface area contributed by atoms with Gasteiger partial charge < -0.3 is 9.30 Å². The highest BCUT2D eigenvalue weighted by Crippen LogP contribution is 2.22. The number of para-hydroxylation sites is 3. The van der Waals surface area contributed by atoms with E-state index in [4.69, 9.17) is 9.72 Å². The number of aryl methyl sites for hydroxylation is 1. The fraction of sp³-hybridized carbons (Fsp3) is 0.350. The van der Waals surface area contributed by atoms with Crippen molar-refractivity contribution in [1.29, 1.82) is 0 Å². The van der Waals surface area contributed by atoms with Crippen LogP contribution < -0.4 is 4.74 Å². The summed E-state index contributed by atoms with van der Waals surface area (Å²) in [6.45, 7) is 6.16. The summed E-state index contributed by atoms with van der Waals surface area (Å²) >= 11 is 0. The fourth-order valence-electron chi connectivity index (χ4n) is 2.85. The van der Waals surface area contributed by atoms with E-state index in [0.717, 1.165) is 37.3 Å².